The van der Waals surface area contributed by atoms with Crippen molar-refractivity contribution >= 4 is 42.4 Å². The molecule has 0 saturated carbocycles. The van der Waals surface area contributed by atoms with Gasteiger partial charge in [0.05, 0.1) is 13.5 Å². The number of hydrogen-bond donors (Lipinski definition) is 1. The number of carbonyl (C=O) groups excluding carboxylic acids is 1. The Morgan fingerprint density at radius 1 is 1.62 bits per heavy atom. The number of carbonyl (C=O) groups is 1. The molecule has 7 heteroatoms. The molecule has 0 fully saturated rings. The van der Waals surface area contributed by atoms with Gasteiger partial charge in [-0.1, -0.05) is 11.6 Å². The van der Waals surface area contributed by atoms with Gasteiger partial charge < -0.3 is 10.5 Å². The molecule has 1 rings (SSSR count). The van der Waals surface area contributed by atoms with Crippen molar-refractivity contribution in [3.63, 3.8) is 0 Å². The van der Waals surface area contributed by atoms with Crippen LogP contribution in [0.25, 0.3) is 0 Å². The van der Waals surface area contributed by atoms with E-state index in [0.29, 0.717) is 5.15 Å². The van der Waals surface area contributed by atoms with E-state index in [-0.39, 0.29) is 37.2 Å². The van der Waals surface area contributed by atoms with Gasteiger partial charge in [-0.3, -0.25) is 4.79 Å². The Labute approximate surface area is 111 Å². The average molecular weight is 288 g/mol. The zero-order chi connectivity index (χ0) is 10.6. The van der Waals surface area contributed by atoms with Gasteiger partial charge in [-0.15, -0.1) is 24.8 Å². The Hall–Kier alpha value is -0.550. The van der Waals surface area contributed by atoms with Gasteiger partial charge in [-0.2, -0.15) is 0 Å². The number of aromatic nitrogens is 1. The Morgan fingerprint density at radius 2 is 2.25 bits per heavy atom. The van der Waals surface area contributed by atoms with Crippen molar-refractivity contribution in [2.24, 2.45) is 5.73 Å². The molecule has 0 aliphatic heterocycles. The zero-order valence-corrected chi connectivity index (χ0v) is 10.9. The molecule has 92 valence electrons. The summed E-state index contributed by atoms with van der Waals surface area (Å²) in [6.45, 7) is 0. The number of nitrogens with zero attached hydrogens (tertiary/aromatic N) is 1. The third-order valence-corrected chi connectivity index (χ3v) is 2.00. The van der Waals surface area contributed by atoms with Crippen LogP contribution in [0.1, 0.15) is 18.0 Å². The van der Waals surface area contributed by atoms with Crippen LogP contribution in [0.4, 0.5) is 0 Å². The topological polar surface area (TPSA) is 65.2 Å². The lowest BCUT2D eigenvalue weighted by atomic mass is 10.1. The predicted octanol–water partition coefficient (Wildman–Crippen LogP) is 2.14. The Balaban J connectivity index is 0. The smallest absolute Gasteiger partial charge is 0.307 e. The van der Waals surface area contributed by atoms with Crippen molar-refractivity contribution in [2.75, 3.05) is 7.11 Å². The normalized spacial score (nSPS) is 10.7. The quantitative estimate of drug-likeness (QED) is 0.683. The zero-order valence-electron chi connectivity index (χ0n) is 8.55. The molecule has 1 aromatic heterocycles. The summed E-state index contributed by atoms with van der Waals surface area (Å²) < 4.78 is 4.51. The number of methoxy groups -OCH3 is 1. The molecule has 0 aliphatic carbocycles. The summed E-state index contributed by atoms with van der Waals surface area (Å²) in [6.07, 6.45) is 1.69. The molecule has 4 nitrogen and oxygen atoms in total. The molecular formula is C9H13Cl3N2O2. The van der Waals surface area contributed by atoms with Crippen molar-refractivity contribution in [1.82, 2.24) is 4.98 Å². The predicted molar refractivity (Wildman–Crippen MR) is 67.3 cm³/mol. The van der Waals surface area contributed by atoms with E-state index in [4.69, 9.17) is 17.3 Å². The van der Waals surface area contributed by atoms with Crippen LogP contribution < -0.4 is 5.73 Å². The number of pyridine rings is 1. The molecule has 0 amide bonds. The summed E-state index contributed by atoms with van der Waals surface area (Å²) in [5, 5.41) is 0.364. The molecule has 16 heavy (non-hydrogen) atoms. The van der Waals surface area contributed by atoms with Crippen molar-refractivity contribution in [3.8, 4) is 0 Å². The van der Waals surface area contributed by atoms with E-state index in [1.165, 1.54) is 7.11 Å². The van der Waals surface area contributed by atoms with Gasteiger partial charge in [-0.25, -0.2) is 4.98 Å². The molecule has 0 saturated heterocycles. The first-order valence-electron chi connectivity index (χ1n) is 4.07. The van der Waals surface area contributed by atoms with Crippen LogP contribution in [0.3, 0.4) is 0 Å². The summed E-state index contributed by atoms with van der Waals surface area (Å²) in [5.74, 6) is -0.342. The van der Waals surface area contributed by atoms with Crippen molar-refractivity contribution < 1.29 is 9.53 Å². The minimum Gasteiger partial charge on any atom is -0.469 e. The van der Waals surface area contributed by atoms with E-state index in [0.717, 1.165) is 5.56 Å². The lowest BCUT2D eigenvalue weighted by Gasteiger charge is -2.09. The highest BCUT2D eigenvalue weighted by Gasteiger charge is 2.11. The highest BCUT2D eigenvalue weighted by Crippen LogP contribution is 2.16. The molecule has 0 spiro atoms. The van der Waals surface area contributed by atoms with Crippen molar-refractivity contribution in [2.45, 2.75) is 12.5 Å². The van der Waals surface area contributed by atoms with E-state index < -0.39 is 6.04 Å². The van der Waals surface area contributed by atoms with Crippen molar-refractivity contribution in [1.29, 1.82) is 0 Å². The summed E-state index contributed by atoms with van der Waals surface area (Å²) in [6, 6.07) is 2.96. The van der Waals surface area contributed by atoms with Crippen LogP contribution >= 0.6 is 36.4 Å². The second-order valence-corrected chi connectivity index (χ2v) is 3.19. The summed E-state index contributed by atoms with van der Waals surface area (Å²) in [4.78, 5) is 14.7. The van der Waals surface area contributed by atoms with Gasteiger partial charge in [0.1, 0.15) is 5.15 Å². The van der Waals surface area contributed by atoms with Crippen LogP contribution in [0.5, 0.6) is 0 Å². The Bertz CT molecular complexity index is 336. The van der Waals surface area contributed by atoms with E-state index in [1.807, 2.05) is 0 Å². The number of esters is 1. The number of ether oxygens (including phenoxy) is 1. The summed E-state index contributed by atoms with van der Waals surface area (Å²) in [5.41, 5.74) is 6.53. The molecule has 0 bridgehead atoms. The van der Waals surface area contributed by atoms with Gasteiger partial charge in [0, 0.05) is 12.2 Å². The molecule has 0 aromatic carbocycles. The molecule has 2 N–H and O–H groups in total. The first-order valence-corrected chi connectivity index (χ1v) is 4.45. The van der Waals surface area contributed by atoms with Gasteiger partial charge in [0.2, 0.25) is 0 Å². The van der Waals surface area contributed by atoms with Gasteiger partial charge in [0.25, 0.3) is 0 Å². The van der Waals surface area contributed by atoms with Gasteiger partial charge in [0.15, 0.2) is 0 Å². The Kier molecular flexibility index (Phi) is 9.57. The molecular weight excluding hydrogens is 274 g/mol. The Morgan fingerprint density at radius 3 is 2.75 bits per heavy atom. The van der Waals surface area contributed by atoms with Crippen molar-refractivity contribution in [3.05, 3.63) is 29.0 Å². The van der Waals surface area contributed by atoms with Crippen LogP contribution in [0, 0.1) is 0 Å². The second-order valence-electron chi connectivity index (χ2n) is 2.80. The maximum atomic E-state index is 10.9. The molecule has 0 radical (unpaired) electrons. The number of halogens is 3. The third-order valence-electron chi connectivity index (χ3n) is 1.79. The minimum absolute atomic E-state index is 0. The van der Waals surface area contributed by atoms with Crippen LogP contribution in [-0.4, -0.2) is 18.1 Å². The maximum absolute atomic E-state index is 10.9. The third kappa shape index (κ3) is 5.51. The highest BCUT2D eigenvalue weighted by atomic mass is 35.5. The van der Waals surface area contributed by atoms with Gasteiger partial charge >= 0.3 is 5.97 Å². The second kappa shape index (κ2) is 8.58. The van der Waals surface area contributed by atoms with Crippen LogP contribution in [0.2, 0.25) is 5.15 Å². The lowest BCUT2D eigenvalue weighted by molar-refractivity contribution is -0.141. The van der Waals surface area contributed by atoms with Crippen LogP contribution in [0.15, 0.2) is 18.3 Å². The monoisotopic (exact) mass is 286 g/mol. The molecule has 1 atom stereocenters. The molecule has 0 aliphatic rings. The SMILES string of the molecule is COC(=O)C[C@H](N)c1ccnc(Cl)c1.Cl.Cl. The van der Waals surface area contributed by atoms with Crippen LogP contribution in [-0.2, 0) is 9.53 Å². The summed E-state index contributed by atoms with van der Waals surface area (Å²) >= 11 is 5.68. The number of rotatable bonds is 3. The highest BCUT2D eigenvalue weighted by molar-refractivity contribution is 6.29. The van der Waals surface area contributed by atoms with E-state index in [2.05, 4.69) is 9.72 Å². The first kappa shape index (κ1) is 17.8. The fourth-order valence-electron chi connectivity index (χ4n) is 1.03. The molecule has 1 heterocycles. The fourth-order valence-corrected chi connectivity index (χ4v) is 1.21. The first-order chi connectivity index (χ1) is 6.63. The summed E-state index contributed by atoms with van der Waals surface area (Å²) in [7, 11) is 1.33. The van der Waals surface area contributed by atoms with E-state index in [1.54, 1.807) is 18.3 Å². The largest absolute Gasteiger partial charge is 0.469 e. The van der Waals surface area contributed by atoms with E-state index >= 15 is 0 Å². The van der Waals surface area contributed by atoms with Gasteiger partial charge in [-0.05, 0) is 17.7 Å². The number of nitrogens with two attached hydrogens (primary N) is 1. The number of hydrogen-bond acceptors (Lipinski definition) is 4. The standard InChI is InChI=1S/C9H11ClN2O2.2ClH/c1-14-9(13)5-7(11)6-2-3-12-8(10)4-6;;/h2-4,7H,5,11H2,1H3;2*1H/t7-;;/m0../s1. The molecule has 0 unspecified atom stereocenters. The lowest BCUT2D eigenvalue weighted by Crippen LogP contribution is -2.16. The minimum atomic E-state index is -0.400. The van der Waals surface area contributed by atoms with E-state index in [9.17, 15) is 4.79 Å². The average Bonchev–Trinajstić information content (AvgIpc) is 2.17. The maximum Gasteiger partial charge on any atom is 0.307 e. The molecule has 1 aromatic rings. The fraction of sp³-hybridized carbons (Fsp3) is 0.333.